The number of hydrogen-bond acceptors (Lipinski definition) is 16. The molecular weight excluding hydrogens is 765 g/mol. The van der Waals surface area contributed by atoms with Crippen LogP contribution in [0.25, 0.3) is 11.0 Å². The van der Waals surface area contributed by atoms with Crippen molar-refractivity contribution in [3.63, 3.8) is 0 Å². The summed E-state index contributed by atoms with van der Waals surface area (Å²) >= 11 is 6.24. The number of aliphatic hydroxyl groups is 2. The molecule has 0 aliphatic carbocycles. The largest absolute Gasteiger partial charge is 0.491 e. The van der Waals surface area contributed by atoms with Crippen molar-refractivity contribution in [1.29, 1.82) is 0 Å². The number of sulfone groups is 1. The number of ether oxygens (including phenoxy) is 7. The average Bonchev–Trinajstić information content (AvgIpc) is 3.63. The molecule has 2 aromatic heterocycles. The molecular formula is C31H41ClN5O14PS. The minimum Gasteiger partial charge on any atom is -0.491 e. The van der Waals surface area contributed by atoms with E-state index in [2.05, 4.69) is 21.0 Å². The lowest BCUT2D eigenvalue weighted by Gasteiger charge is -2.39. The van der Waals surface area contributed by atoms with Crippen molar-refractivity contribution in [3.8, 4) is 18.1 Å². The lowest BCUT2D eigenvalue weighted by Crippen LogP contribution is -2.55. The Morgan fingerprint density at radius 3 is 2.17 bits per heavy atom. The van der Waals surface area contributed by atoms with Crippen molar-refractivity contribution in [3.05, 3.63) is 35.7 Å². The fourth-order valence-electron chi connectivity index (χ4n) is 5.40. The van der Waals surface area contributed by atoms with E-state index in [1.165, 1.54) is 23.0 Å². The summed E-state index contributed by atoms with van der Waals surface area (Å²) in [6, 6.07) is 6.13. The zero-order valence-electron chi connectivity index (χ0n) is 28.4. The van der Waals surface area contributed by atoms with Gasteiger partial charge in [0.1, 0.15) is 54.7 Å². The second kappa shape index (κ2) is 19.0. The van der Waals surface area contributed by atoms with Crippen LogP contribution < -0.4 is 9.64 Å². The number of benzene rings is 1. The Hall–Kier alpha value is -3.00. The molecule has 0 saturated carbocycles. The first-order valence-electron chi connectivity index (χ1n) is 16.4. The molecule has 2 saturated heterocycles. The van der Waals surface area contributed by atoms with E-state index in [1.54, 1.807) is 17.0 Å². The second-order valence-electron chi connectivity index (χ2n) is 11.8. The van der Waals surface area contributed by atoms with Crippen LogP contribution in [-0.2, 0) is 42.8 Å². The highest BCUT2D eigenvalue weighted by Crippen LogP contribution is 2.37. The number of halogens is 1. The van der Waals surface area contributed by atoms with Crippen molar-refractivity contribution in [2.45, 2.75) is 34.7 Å². The zero-order chi connectivity index (χ0) is 38.0. The summed E-state index contributed by atoms with van der Waals surface area (Å²) in [7, 11) is -8.17. The molecule has 0 unspecified atom stereocenters. The van der Waals surface area contributed by atoms with E-state index in [0.717, 1.165) is 0 Å². The molecule has 292 valence electrons. The van der Waals surface area contributed by atoms with Crippen molar-refractivity contribution in [2.24, 2.45) is 0 Å². The molecule has 19 nitrogen and oxygen atoms in total. The van der Waals surface area contributed by atoms with Crippen LogP contribution in [0.4, 0.5) is 5.82 Å². The highest BCUT2D eigenvalue weighted by atomic mass is 35.5. The zero-order valence-corrected chi connectivity index (χ0v) is 30.9. The van der Waals surface area contributed by atoms with Crippen LogP contribution in [0.3, 0.4) is 0 Å². The number of hydrogen-bond donors (Lipinski definition) is 4. The van der Waals surface area contributed by atoms with Gasteiger partial charge in [-0.1, -0.05) is 5.92 Å². The topological polar surface area (TPSA) is 244 Å². The number of anilines is 1. The molecule has 0 bridgehead atoms. The van der Waals surface area contributed by atoms with E-state index < -0.39 is 60.2 Å². The maximum Gasteiger partial charge on any atom is 0.350 e. The standard InChI is InChI=1S/C31H41ClN5O14PS/c1-2-7-45-8-9-46-10-11-47-12-13-48-14-15-50-21-3-5-22(6-4-21)53(43,44)23-17-36(18-23)28-24-16-33-37(29(24)35-31(32)34-28)30-27(39)26(38)25(51-30)19-49-20-52(40,41)42/h1,3-6,16,23,25-27,30,38-39H,7-15,17-20H2,(H2,40,41,42)/t25-,26-,27-,30-/m1/s1. The van der Waals surface area contributed by atoms with Gasteiger partial charge >= 0.3 is 7.60 Å². The van der Waals surface area contributed by atoms with Gasteiger partial charge in [0.15, 0.2) is 21.7 Å². The molecule has 2 aliphatic heterocycles. The first-order valence-corrected chi connectivity index (χ1v) is 20.1. The molecule has 0 radical (unpaired) electrons. The third-order valence-corrected chi connectivity index (χ3v) is 10.9. The Morgan fingerprint density at radius 2 is 1.55 bits per heavy atom. The molecule has 0 amide bonds. The molecule has 4 heterocycles. The van der Waals surface area contributed by atoms with Crippen LogP contribution >= 0.6 is 19.2 Å². The highest BCUT2D eigenvalue weighted by molar-refractivity contribution is 7.92. The van der Waals surface area contributed by atoms with Crippen LogP contribution in [0.15, 0.2) is 35.4 Å². The Bertz CT molecular complexity index is 1840. The number of rotatable bonds is 22. The Labute approximate surface area is 310 Å². The molecule has 5 rings (SSSR count). The Kier molecular flexibility index (Phi) is 14.8. The number of terminal acetylenes is 1. The van der Waals surface area contributed by atoms with E-state index in [1.807, 2.05) is 0 Å². The van der Waals surface area contributed by atoms with Gasteiger partial charge in [-0.15, -0.1) is 6.42 Å². The first kappa shape index (κ1) is 41.2. The van der Waals surface area contributed by atoms with E-state index in [9.17, 15) is 23.2 Å². The van der Waals surface area contributed by atoms with Crippen molar-refractivity contribution >= 4 is 45.9 Å². The van der Waals surface area contributed by atoms with E-state index in [-0.39, 0.29) is 42.1 Å². The average molecular weight is 806 g/mol. The fraction of sp³-hybridized carbons (Fsp3) is 0.581. The van der Waals surface area contributed by atoms with Gasteiger partial charge < -0.3 is 58.1 Å². The highest BCUT2D eigenvalue weighted by Gasteiger charge is 2.46. The van der Waals surface area contributed by atoms with Crippen LogP contribution in [-0.4, -0.2) is 157 Å². The maximum atomic E-state index is 13.4. The van der Waals surface area contributed by atoms with Crippen LogP contribution in [0.2, 0.25) is 5.28 Å². The smallest absolute Gasteiger partial charge is 0.350 e. The lowest BCUT2D eigenvalue weighted by molar-refractivity contribution is -0.0658. The van der Waals surface area contributed by atoms with Gasteiger partial charge in [-0.2, -0.15) is 15.1 Å². The minimum atomic E-state index is -4.45. The SMILES string of the molecule is C#CCOCCOCCOCCOCCOc1ccc(S(=O)(=O)C2CN(c3nc(Cl)nc4c3cnn4[C@@H]3O[C@H](COCP(=O)(O)O)[C@@H](O)[C@H]3O)C2)cc1. The predicted molar refractivity (Wildman–Crippen MR) is 186 cm³/mol. The maximum absolute atomic E-state index is 13.4. The van der Waals surface area contributed by atoms with Gasteiger partial charge in [0.05, 0.1) is 69.3 Å². The number of aromatic nitrogens is 4. The van der Waals surface area contributed by atoms with Gasteiger partial charge in [-0.05, 0) is 35.9 Å². The molecule has 1 aromatic carbocycles. The normalized spacial score (nSPS) is 20.9. The van der Waals surface area contributed by atoms with Crippen LogP contribution in [0.5, 0.6) is 5.75 Å². The molecule has 4 N–H and O–H groups in total. The van der Waals surface area contributed by atoms with E-state index in [4.69, 9.17) is 61.0 Å². The quantitative estimate of drug-likeness (QED) is 0.0452. The summed E-state index contributed by atoms with van der Waals surface area (Å²) in [5.74, 6) is 3.18. The van der Waals surface area contributed by atoms with E-state index in [0.29, 0.717) is 63.2 Å². The third kappa shape index (κ3) is 11.0. The van der Waals surface area contributed by atoms with Crippen molar-refractivity contribution < 1.29 is 66.1 Å². The van der Waals surface area contributed by atoms with Gasteiger partial charge in [0, 0.05) is 13.1 Å². The fourth-order valence-corrected chi connectivity index (χ4v) is 7.56. The van der Waals surface area contributed by atoms with Gasteiger partial charge in [0.25, 0.3) is 0 Å². The summed E-state index contributed by atoms with van der Waals surface area (Å²) < 4.78 is 76.8. The van der Waals surface area contributed by atoms with Crippen LogP contribution in [0.1, 0.15) is 6.23 Å². The van der Waals surface area contributed by atoms with Gasteiger partial charge in [-0.25, -0.2) is 13.1 Å². The number of aliphatic hydroxyl groups excluding tert-OH is 2. The van der Waals surface area contributed by atoms with Crippen LogP contribution in [0, 0.1) is 12.3 Å². The van der Waals surface area contributed by atoms with Gasteiger partial charge in [0.2, 0.25) is 5.28 Å². The van der Waals surface area contributed by atoms with Crippen molar-refractivity contribution in [2.75, 3.05) is 90.4 Å². The molecule has 2 fully saturated rings. The monoisotopic (exact) mass is 805 g/mol. The lowest BCUT2D eigenvalue weighted by atomic mass is 10.1. The summed E-state index contributed by atoms with van der Waals surface area (Å²) in [6.45, 7) is 3.15. The second-order valence-corrected chi connectivity index (χ2v) is 16.0. The predicted octanol–water partition coefficient (Wildman–Crippen LogP) is -0.00840. The van der Waals surface area contributed by atoms with Crippen molar-refractivity contribution in [1.82, 2.24) is 19.7 Å². The summed E-state index contributed by atoms with van der Waals surface area (Å²) in [5.41, 5.74) is 0.147. The number of nitrogens with zero attached hydrogens (tertiary/aromatic N) is 5. The summed E-state index contributed by atoms with van der Waals surface area (Å²) in [5, 5.41) is 24.9. The summed E-state index contributed by atoms with van der Waals surface area (Å²) in [4.78, 5) is 28.4. The number of fused-ring (bicyclic) bond motifs is 1. The Balaban J connectivity index is 1.07. The summed E-state index contributed by atoms with van der Waals surface area (Å²) in [6.07, 6.45) is 0.268. The Morgan fingerprint density at radius 1 is 0.925 bits per heavy atom. The molecule has 0 spiro atoms. The molecule has 3 aromatic rings. The molecule has 53 heavy (non-hydrogen) atoms. The minimum absolute atomic E-state index is 0.102. The van der Waals surface area contributed by atoms with E-state index >= 15 is 0 Å². The first-order chi connectivity index (χ1) is 25.4. The van der Waals surface area contributed by atoms with Gasteiger partial charge in [-0.3, -0.25) is 4.57 Å². The molecule has 2 aliphatic rings. The molecule has 4 atom stereocenters. The molecule has 22 heteroatoms. The third-order valence-electron chi connectivity index (χ3n) is 8.06.